The van der Waals surface area contributed by atoms with E-state index < -0.39 is 0 Å². The van der Waals surface area contributed by atoms with Crippen LogP contribution in [-0.2, 0) is 0 Å². The van der Waals surface area contributed by atoms with Crippen LogP contribution in [0.4, 0.5) is 0 Å². The molecule has 94 valence electrons. The molecular formula is C15H24NO+. The maximum absolute atomic E-state index is 10.1. The summed E-state index contributed by atoms with van der Waals surface area (Å²) in [6, 6.07) is 10.7. The minimum atomic E-state index is -0.324. The van der Waals surface area contributed by atoms with Gasteiger partial charge >= 0.3 is 0 Å². The fraction of sp³-hybridized carbons (Fsp3) is 0.600. The van der Waals surface area contributed by atoms with Crippen molar-refractivity contribution < 1.29 is 10.4 Å². The molecule has 2 rings (SSSR count). The third-order valence-corrected chi connectivity index (χ3v) is 3.94. The molecule has 1 aliphatic carbocycles. The number of quaternary nitrogens is 1. The quantitative estimate of drug-likeness (QED) is 0.820. The molecule has 1 saturated carbocycles. The molecule has 0 radical (unpaired) electrons. The van der Waals surface area contributed by atoms with Gasteiger partial charge in [0, 0.05) is 0 Å². The monoisotopic (exact) mass is 234 g/mol. The first kappa shape index (κ1) is 12.6. The molecule has 2 heteroatoms. The second-order valence-electron chi connectivity index (χ2n) is 5.42. The van der Waals surface area contributed by atoms with E-state index in [1.165, 1.54) is 25.7 Å². The Bertz CT molecular complexity index is 317. The van der Waals surface area contributed by atoms with E-state index in [-0.39, 0.29) is 6.10 Å². The van der Waals surface area contributed by atoms with Crippen molar-refractivity contribution in [3.63, 3.8) is 0 Å². The molecule has 0 bridgehead atoms. The van der Waals surface area contributed by atoms with Gasteiger partial charge in [-0.1, -0.05) is 37.3 Å². The fourth-order valence-electron chi connectivity index (χ4n) is 2.65. The van der Waals surface area contributed by atoms with Gasteiger partial charge in [-0.15, -0.1) is 0 Å². The van der Waals surface area contributed by atoms with E-state index in [9.17, 15) is 5.11 Å². The van der Waals surface area contributed by atoms with Gasteiger partial charge in [0.2, 0.25) is 0 Å². The standard InChI is InChI=1S/C15H23NO/c1-12-7-9-14(10-8-12)16-11-15(17)13-5-3-2-4-6-13/h2-6,12,14-17H,7-11H2,1H3/p+1/t12?,14?,15-/m1/s1. The molecular weight excluding hydrogens is 210 g/mol. The molecule has 1 aromatic carbocycles. The average molecular weight is 234 g/mol. The summed E-state index contributed by atoms with van der Waals surface area (Å²) in [4.78, 5) is 0. The second kappa shape index (κ2) is 6.18. The molecule has 0 spiro atoms. The molecule has 1 fully saturated rings. The second-order valence-corrected chi connectivity index (χ2v) is 5.42. The molecule has 17 heavy (non-hydrogen) atoms. The first-order valence-corrected chi connectivity index (χ1v) is 6.82. The lowest BCUT2D eigenvalue weighted by molar-refractivity contribution is -0.698. The van der Waals surface area contributed by atoms with Crippen molar-refractivity contribution in [1.82, 2.24) is 0 Å². The van der Waals surface area contributed by atoms with E-state index in [2.05, 4.69) is 12.2 Å². The van der Waals surface area contributed by atoms with Crippen molar-refractivity contribution in [1.29, 1.82) is 0 Å². The van der Waals surface area contributed by atoms with Crippen LogP contribution in [0.25, 0.3) is 0 Å². The molecule has 0 aromatic heterocycles. The molecule has 3 N–H and O–H groups in total. The average Bonchev–Trinajstić information content (AvgIpc) is 2.39. The van der Waals surface area contributed by atoms with Gasteiger partial charge in [0.1, 0.15) is 12.6 Å². The zero-order chi connectivity index (χ0) is 12.1. The van der Waals surface area contributed by atoms with Crippen LogP contribution >= 0.6 is 0 Å². The van der Waals surface area contributed by atoms with Crippen molar-refractivity contribution in [3.05, 3.63) is 35.9 Å². The van der Waals surface area contributed by atoms with Crippen LogP contribution in [0.15, 0.2) is 30.3 Å². The van der Waals surface area contributed by atoms with Crippen LogP contribution in [0, 0.1) is 5.92 Å². The van der Waals surface area contributed by atoms with Gasteiger partial charge in [-0.05, 0) is 37.2 Å². The molecule has 0 unspecified atom stereocenters. The lowest BCUT2D eigenvalue weighted by Gasteiger charge is -2.25. The van der Waals surface area contributed by atoms with Crippen LogP contribution < -0.4 is 5.32 Å². The normalized spacial score (nSPS) is 26.7. The minimum Gasteiger partial charge on any atom is -0.382 e. The number of aliphatic hydroxyl groups is 1. The van der Waals surface area contributed by atoms with Gasteiger partial charge in [-0.3, -0.25) is 0 Å². The number of benzene rings is 1. The lowest BCUT2D eigenvalue weighted by Crippen LogP contribution is -2.91. The minimum absolute atomic E-state index is 0.324. The topological polar surface area (TPSA) is 36.8 Å². The largest absolute Gasteiger partial charge is 0.382 e. The van der Waals surface area contributed by atoms with E-state index in [4.69, 9.17) is 0 Å². The Balaban J connectivity index is 1.75. The van der Waals surface area contributed by atoms with E-state index in [0.717, 1.165) is 24.1 Å². The van der Waals surface area contributed by atoms with Crippen LogP contribution in [0.3, 0.4) is 0 Å². The Morgan fingerprint density at radius 3 is 2.47 bits per heavy atom. The summed E-state index contributed by atoms with van der Waals surface area (Å²) in [5, 5.41) is 12.4. The number of rotatable bonds is 4. The first-order chi connectivity index (χ1) is 8.25. The number of hydrogen-bond donors (Lipinski definition) is 2. The maximum atomic E-state index is 10.1. The lowest BCUT2D eigenvalue weighted by atomic mass is 9.87. The summed E-state index contributed by atoms with van der Waals surface area (Å²) in [7, 11) is 0. The van der Waals surface area contributed by atoms with E-state index >= 15 is 0 Å². The van der Waals surface area contributed by atoms with Crippen LogP contribution in [0.5, 0.6) is 0 Å². The van der Waals surface area contributed by atoms with Crippen molar-refractivity contribution in [2.75, 3.05) is 6.54 Å². The van der Waals surface area contributed by atoms with Crippen molar-refractivity contribution in [3.8, 4) is 0 Å². The molecule has 1 aliphatic rings. The maximum Gasteiger partial charge on any atom is 0.128 e. The third-order valence-electron chi connectivity index (χ3n) is 3.94. The highest BCUT2D eigenvalue weighted by Crippen LogP contribution is 2.21. The summed E-state index contributed by atoms with van der Waals surface area (Å²) in [5.41, 5.74) is 1.04. The first-order valence-electron chi connectivity index (χ1n) is 6.82. The smallest absolute Gasteiger partial charge is 0.128 e. The van der Waals surface area contributed by atoms with Gasteiger partial charge < -0.3 is 10.4 Å². The summed E-state index contributed by atoms with van der Waals surface area (Å²) in [5.74, 6) is 0.902. The van der Waals surface area contributed by atoms with Crippen LogP contribution in [0.2, 0.25) is 0 Å². The Labute approximate surface area is 104 Å². The molecule has 0 aliphatic heterocycles. The predicted molar refractivity (Wildman–Crippen MR) is 69.6 cm³/mol. The van der Waals surface area contributed by atoms with Gasteiger partial charge in [-0.25, -0.2) is 0 Å². The molecule has 2 nitrogen and oxygen atoms in total. The van der Waals surface area contributed by atoms with Crippen LogP contribution in [0.1, 0.15) is 44.3 Å². The Hall–Kier alpha value is -0.860. The highest BCUT2D eigenvalue weighted by atomic mass is 16.3. The Morgan fingerprint density at radius 2 is 1.82 bits per heavy atom. The van der Waals surface area contributed by atoms with E-state index in [1.54, 1.807) is 0 Å². The zero-order valence-electron chi connectivity index (χ0n) is 10.7. The van der Waals surface area contributed by atoms with E-state index in [0.29, 0.717) is 0 Å². The SMILES string of the molecule is CC1CCC([NH2+]C[C@@H](O)c2ccccc2)CC1. The molecule has 0 saturated heterocycles. The van der Waals surface area contributed by atoms with Crippen molar-refractivity contribution >= 4 is 0 Å². The number of nitrogens with two attached hydrogens (primary N) is 1. The summed E-state index contributed by atoms with van der Waals surface area (Å²) >= 11 is 0. The van der Waals surface area contributed by atoms with E-state index in [1.807, 2.05) is 30.3 Å². The number of aliphatic hydroxyl groups excluding tert-OH is 1. The highest BCUT2D eigenvalue weighted by molar-refractivity contribution is 5.16. The Kier molecular flexibility index (Phi) is 4.57. The highest BCUT2D eigenvalue weighted by Gasteiger charge is 2.21. The zero-order valence-corrected chi connectivity index (χ0v) is 10.7. The van der Waals surface area contributed by atoms with Gasteiger partial charge in [-0.2, -0.15) is 0 Å². The van der Waals surface area contributed by atoms with Gasteiger partial charge in [0.25, 0.3) is 0 Å². The molecule has 0 heterocycles. The van der Waals surface area contributed by atoms with Crippen molar-refractivity contribution in [2.45, 2.75) is 44.8 Å². The third kappa shape index (κ3) is 3.83. The molecule has 1 aromatic rings. The Morgan fingerprint density at radius 1 is 1.18 bits per heavy atom. The summed E-state index contributed by atoms with van der Waals surface area (Å²) in [6.45, 7) is 3.14. The molecule has 0 amide bonds. The predicted octanol–water partition coefficient (Wildman–Crippen LogP) is 1.86. The fourth-order valence-corrected chi connectivity index (χ4v) is 2.65. The van der Waals surface area contributed by atoms with Gasteiger partial charge in [0.15, 0.2) is 0 Å². The summed E-state index contributed by atoms with van der Waals surface area (Å²) < 4.78 is 0. The number of hydrogen-bond acceptors (Lipinski definition) is 1. The van der Waals surface area contributed by atoms with Crippen LogP contribution in [-0.4, -0.2) is 17.7 Å². The van der Waals surface area contributed by atoms with Crippen molar-refractivity contribution in [2.24, 2.45) is 5.92 Å². The summed E-state index contributed by atoms with van der Waals surface area (Å²) in [6.07, 6.45) is 4.99. The van der Waals surface area contributed by atoms with Gasteiger partial charge in [0.05, 0.1) is 6.04 Å². The molecule has 1 atom stereocenters.